The highest BCUT2D eigenvalue weighted by Gasteiger charge is 2.17. The summed E-state index contributed by atoms with van der Waals surface area (Å²) in [6, 6.07) is 1.52. The SMILES string of the molecule is Cn1cc(NC(=O)c2nccn2C)cc1C(=O)NCCC(=O)Nc1cn(C)c(C(N)=O)n1. The average Bonchev–Trinajstić information content (AvgIpc) is 3.40. The summed E-state index contributed by atoms with van der Waals surface area (Å²) in [6.45, 7) is 0.0698. The number of hydrogen-bond acceptors (Lipinski definition) is 6. The van der Waals surface area contributed by atoms with Gasteiger partial charge in [-0.05, 0) is 6.07 Å². The Labute approximate surface area is 182 Å². The van der Waals surface area contributed by atoms with Crippen LogP contribution in [0.25, 0.3) is 0 Å². The van der Waals surface area contributed by atoms with Gasteiger partial charge in [-0.25, -0.2) is 9.97 Å². The molecule has 0 saturated heterocycles. The maximum atomic E-state index is 12.5. The minimum Gasteiger partial charge on any atom is -0.363 e. The predicted molar refractivity (Wildman–Crippen MR) is 114 cm³/mol. The lowest BCUT2D eigenvalue weighted by molar-refractivity contribution is -0.116. The second-order valence-electron chi connectivity index (χ2n) is 7.02. The zero-order chi connectivity index (χ0) is 23.4. The molecule has 0 bridgehead atoms. The largest absolute Gasteiger partial charge is 0.363 e. The molecule has 0 saturated carbocycles. The molecule has 5 N–H and O–H groups in total. The van der Waals surface area contributed by atoms with Crippen LogP contribution in [0, 0.1) is 0 Å². The molecule has 3 aromatic rings. The highest BCUT2D eigenvalue weighted by Crippen LogP contribution is 2.14. The van der Waals surface area contributed by atoms with Gasteiger partial charge in [0.2, 0.25) is 11.7 Å². The number of aromatic nitrogens is 5. The number of nitrogens with zero attached hydrogens (tertiary/aromatic N) is 5. The fourth-order valence-electron chi connectivity index (χ4n) is 2.97. The molecule has 0 aliphatic rings. The second-order valence-corrected chi connectivity index (χ2v) is 7.02. The van der Waals surface area contributed by atoms with E-state index >= 15 is 0 Å². The number of carbonyl (C=O) groups excluding carboxylic acids is 4. The van der Waals surface area contributed by atoms with E-state index in [-0.39, 0.29) is 30.4 Å². The van der Waals surface area contributed by atoms with Crippen LogP contribution in [0.1, 0.15) is 38.1 Å². The molecule has 3 rings (SSSR count). The summed E-state index contributed by atoms with van der Waals surface area (Å²) in [5.41, 5.74) is 5.92. The number of nitrogens with two attached hydrogens (primary N) is 1. The van der Waals surface area contributed by atoms with Crippen LogP contribution in [-0.4, -0.2) is 53.8 Å². The van der Waals surface area contributed by atoms with E-state index in [1.807, 2.05) is 0 Å². The van der Waals surface area contributed by atoms with Crippen molar-refractivity contribution in [3.63, 3.8) is 0 Å². The van der Waals surface area contributed by atoms with Gasteiger partial charge in [-0.3, -0.25) is 19.2 Å². The molecule has 0 aromatic carbocycles. The third-order valence-corrected chi connectivity index (χ3v) is 4.52. The van der Waals surface area contributed by atoms with E-state index in [1.54, 1.807) is 42.7 Å². The minimum atomic E-state index is -0.710. The van der Waals surface area contributed by atoms with Crippen LogP contribution < -0.4 is 21.7 Å². The molecule has 168 valence electrons. The fraction of sp³-hybridized carbons (Fsp3) is 0.263. The third kappa shape index (κ3) is 5.00. The Morgan fingerprint density at radius 1 is 0.969 bits per heavy atom. The number of anilines is 2. The van der Waals surface area contributed by atoms with Crippen LogP contribution in [-0.2, 0) is 25.9 Å². The Bertz CT molecular complexity index is 1190. The first-order valence-electron chi connectivity index (χ1n) is 9.52. The Kier molecular flexibility index (Phi) is 6.37. The van der Waals surface area contributed by atoms with Gasteiger partial charge >= 0.3 is 0 Å². The van der Waals surface area contributed by atoms with Gasteiger partial charge < -0.3 is 35.4 Å². The number of aryl methyl sites for hydroxylation is 3. The number of imidazole rings is 2. The summed E-state index contributed by atoms with van der Waals surface area (Å²) in [5, 5.41) is 7.87. The van der Waals surface area contributed by atoms with Gasteiger partial charge in [0.25, 0.3) is 17.7 Å². The van der Waals surface area contributed by atoms with Crippen LogP contribution in [0.5, 0.6) is 0 Å². The maximum Gasteiger partial charge on any atom is 0.291 e. The first kappa shape index (κ1) is 22.3. The topological polar surface area (TPSA) is 171 Å². The molecule has 13 nitrogen and oxygen atoms in total. The van der Waals surface area contributed by atoms with E-state index in [0.717, 1.165) is 0 Å². The Balaban J connectivity index is 1.51. The average molecular weight is 441 g/mol. The van der Waals surface area contributed by atoms with E-state index in [4.69, 9.17) is 5.73 Å². The molecule has 0 fully saturated rings. The summed E-state index contributed by atoms with van der Waals surface area (Å²) in [6.07, 6.45) is 6.21. The van der Waals surface area contributed by atoms with Crippen molar-refractivity contribution in [2.75, 3.05) is 17.2 Å². The summed E-state index contributed by atoms with van der Waals surface area (Å²) >= 11 is 0. The van der Waals surface area contributed by atoms with Gasteiger partial charge in [-0.1, -0.05) is 0 Å². The summed E-state index contributed by atoms with van der Waals surface area (Å²) in [4.78, 5) is 55.9. The van der Waals surface area contributed by atoms with Crippen LogP contribution in [0.15, 0.2) is 30.9 Å². The summed E-state index contributed by atoms with van der Waals surface area (Å²) < 4.78 is 4.54. The van der Waals surface area contributed by atoms with Crippen molar-refractivity contribution >= 4 is 35.1 Å². The lowest BCUT2D eigenvalue weighted by Gasteiger charge is -2.06. The van der Waals surface area contributed by atoms with Gasteiger partial charge in [-0.2, -0.15) is 0 Å². The van der Waals surface area contributed by atoms with Gasteiger partial charge in [0.15, 0.2) is 11.6 Å². The molecule has 3 heterocycles. The molecule has 0 atom stereocenters. The standard InChI is InChI=1S/C19H23N9O4/c1-26-7-6-21-17(26)19(32)23-11-8-12(27(2)9-11)18(31)22-5-4-14(29)24-13-10-28(3)16(25-13)15(20)30/h6-10H,4-5H2,1-3H3,(H2,20,30)(H,22,31)(H,23,32)(H,24,29). The zero-order valence-corrected chi connectivity index (χ0v) is 17.7. The molecule has 32 heavy (non-hydrogen) atoms. The monoisotopic (exact) mass is 441 g/mol. The minimum absolute atomic E-state index is 0.0125. The number of amides is 4. The van der Waals surface area contributed by atoms with E-state index in [1.165, 1.54) is 23.0 Å². The highest BCUT2D eigenvalue weighted by molar-refractivity contribution is 6.03. The molecule has 0 radical (unpaired) electrons. The van der Waals surface area contributed by atoms with Crippen molar-refractivity contribution in [2.24, 2.45) is 26.9 Å². The fourth-order valence-corrected chi connectivity index (χ4v) is 2.97. The maximum absolute atomic E-state index is 12.5. The first-order valence-corrected chi connectivity index (χ1v) is 9.52. The van der Waals surface area contributed by atoms with Crippen molar-refractivity contribution in [3.05, 3.63) is 48.2 Å². The van der Waals surface area contributed by atoms with Gasteiger partial charge in [-0.15, -0.1) is 0 Å². The third-order valence-electron chi connectivity index (χ3n) is 4.52. The molecule has 4 amide bonds. The predicted octanol–water partition coefficient (Wildman–Crippen LogP) is -0.398. The number of hydrogen-bond donors (Lipinski definition) is 4. The number of nitrogens with one attached hydrogen (secondary N) is 3. The molecule has 0 spiro atoms. The lowest BCUT2D eigenvalue weighted by atomic mass is 10.3. The van der Waals surface area contributed by atoms with Gasteiger partial charge in [0, 0.05) is 58.9 Å². The molecule has 0 aliphatic heterocycles. The van der Waals surface area contributed by atoms with E-state index in [0.29, 0.717) is 11.4 Å². The zero-order valence-electron chi connectivity index (χ0n) is 17.7. The van der Waals surface area contributed by atoms with Crippen molar-refractivity contribution < 1.29 is 19.2 Å². The van der Waals surface area contributed by atoms with Crippen molar-refractivity contribution in [1.29, 1.82) is 0 Å². The summed E-state index contributed by atoms with van der Waals surface area (Å²) in [5.74, 6) is -1.47. The quantitative estimate of drug-likeness (QED) is 0.370. The smallest absolute Gasteiger partial charge is 0.291 e. The van der Waals surface area contributed by atoms with Gasteiger partial charge in [0.05, 0.1) is 5.69 Å². The number of primary amides is 1. The molecule has 3 aromatic heterocycles. The van der Waals surface area contributed by atoms with Crippen LogP contribution >= 0.6 is 0 Å². The van der Waals surface area contributed by atoms with E-state index in [9.17, 15) is 19.2 Å². The first-order chi connectivity index (χ1) is 15.2. The molecule has 0 aliphatic carbocycles. The second kappa shape index (κ2) is 9.16. The van der Waals surface area contributed by atoms with Crippen molar-refractivity contribution in [3.8, 4) is 0 Å². The Morgan fingerprint density at radius 3 is 2.34 bits per heavy atom. The Hall–Kier alpha value is -4.42. The van der Waals surface area contributed by atoms with E-state index in [2.05, 4.69) is 25.9 Å². The van der Waals surface area contributed by atoms with Crippen LogP contribution in [0.3, 0.4) is 0 Å². The van der Waals surface area contributed by atoms with Crippen LogP contribution in [0.4, 0.5) is 11.5 Å². The van der Waals surface area contributed by atoms with Crippen LogP contribution in [0.2, 0.25) is 0 Å². The normalized spacial score (nSPS) is 10.6. The molecular formula is C19H23N9O4. The number of carbonyl (C=O) groups is 4. The highest BCUT2D eigenvalue weighted by atomic mass is 16.2. The molecule has 13 heteroatoms. The molecule has 0 unspecified atom stereocenters. The van der Waals surface area contributed by atoms with Crippen molar-refractivity contribution in [2.45, 2.75) is 6.42 Å². The van der Waals surface area contributed by atoms with Gasteiger partial charge in [0.1, 0.15) is 5.69 Å². The number of rotatable bonds is 8. The summed E-state index contributed by atoms with van der Waals surface area (Å²) in [7, 11) is 4.94. The molecular weight excluding hydrogens is 418 g/mol. The van der Waals surface area contributed by atoms with Crippen molar-refractivity contribution in [1.82, 2.24) is 29.0 Å². The Morgan fingerprint density at radius 2 is 1.72 bits per heavy atom. The lowest BCUT2D eigenvalue weighted by Crippen LogP contribution is -2.29. The van der Waals surface area contributed by atoms with E-state index < -0.39 is 23.6 Å².